The van der Waals surface area contributed by atoms with Crippen LogP contribution in [0, 0.1) is 42.7 Å². The van der Waals surface area contributed by atoms with Crippen LogP contribution in [0.2, 0.25) is 0 Å². The molecule has 2 aromatic heterocycles. The van der Waals surface area contributed by atoms with E-state index in [0.717, 1.165) is 10.5 Å². The van der Waals surface area contributed by atoms with Crippen LogP contribution in [0.25, 0.3) is 37.3 Å². The molecule has 0 radical (unpaired) electrons. The van der Waals surface area contributed by atoms with Gasteiger partial charge in [-0.05, 0) is 35.8 Å². The summed E-state index contributed by atoms with van der Waals surface area (Å²) in [4.78, 5) is 11.2. The van der Waals surface area contributed by atoms with Gasteiger partial charge < -0.3 is 4.42 Å². The van der Waals surface area contributed by atoms with Crippen molar-refractivity contribution in [3.8, 4) is 12.1 Å². The molecule has 3 aromatic rings. The standard InChI is InChI=1S/C22H9N5OS/c1-12-8-18-22(28-12)27-19(29-18)9-15-20(16(10-23)25-2)13-6-4-5-7-14(13)21(15)17(11-24)26-3/h4-9H,1H3/b20-16-,21-17-. The molecule has 2 heterocycles. The summed E-state index contributed by atoms with van der Waals surface area (Å²) in [6.07, 6.45) is 1.71. The molecule has 134 valence electrons. The number of fused-ring (bicyclic) bond motifs is 2. The van der Waals surface area contributed by atoms with Gasteiger partial charge in [-0.25, -0.2) is 25.2 Å². The quantitative estimate of drug-likeness (QED) is 0.399. The van der Waals surface area contributed by atoms with Crippen molar-refractivity contribution in [2.45, 2.75) is 6.92 Å². The largest absolute Gasteiger partial charge is 0.442 e. The van der Waals surface area contributed by atoms with E-state index >= 15 is 0 Å². The predicted molar refractivity (Wildman–Crippen MR) is 109 cm³/mol. The molecule has 0 unspecified atom stereocenters. The van der Waals surface area contributed by atoms with E-state index in [2.05, 4.69) is 14.7 Å². The van der Waals surface area contributed by atoms with Gasteiger partial charge in [-0.15, -0.1) is 11.3 Å². The Balaban J connectivity index is 2.09. The van der Waals surface area contributed by atoms with Crippen molar-refractivity contribution < 1.29 is 4.42 Å². The smallest absolute Gasteiger partial charge is 0.270 e. The van der Waals surface area contributed by atoms with Crippen LogP contribution >= 0.6 is 11.3 Å². The zero-order valence-corrected chi connectivity index (χ0v) is 15.8. The number of rotatable bonds is 1. The van der Waals surface area contributed by atoms with Gasteiger partial charge in [0.05, 0.1) is 30.0 Å². The van der Waals surface area contributed by atoms with E-state index < -0.39 is 0 Å². The molecule has 0 fully saturated rings. The van der Waals surface area contributed by atoms with Gasteiger partial charge in [-0.2, -0.15) is 0 Å². The first kappa shape index (κ1) is 18.0. The van der Waals surface area contributed by atoms with Crippen molar-refractivity contribution in [1.29, 1.82) is 10.5 Å². The SMILES string of the molecule is [C-]#[N+]/C(C#N)=C1\C(=Cc2nc3oc(C)cc3s2)/C(=C(/C#N)[N+]#[C-])c2ccccc21. The number of allylic oxidation sites excluding steroid dienone is 5. The van der Waals surface area contributed by atoms with E-state index in [1.165, 1.54) is 11.3 Å². The molecular weight excluding hydrogens is 382 g/mol. The fourth-order valence-corrected chi connectivity index (χ4v) is 4.24. The lowest BCUT2D eigenvalue weighted by Crippen LogP contribution is -1.88. The lowest BCUT2D eigenvalue weighted by atomic mass is 10.0. The highest BCUT2D eigenvalue weighted by Crippen LogP contribution is 2.49. The number of aryl methyl sites for hydroxylation is 1. The molecule has 7 heteroatoms. The van der Waals surface area contributed by atoms with Gasteiger partial charge in [0.15, 0.2) is 0 Å². The first-order valence-electron chi connectivity index (χ1n) is 8.34. The Morgan fingerprint density at radius 1 is 1.10 bits per heavy atom. The van der Waals surface area contributed by atoms with Crippen molar-refractivity contribution in [3.63, 3.8) is 0 Å². The summed E-state index contributed by atoms with van der Waals surface area (Å²) in [6.45, 7) is 16.7. The second-order valence-corrected chi connectivity index (χ2v) is 7.14. The van der Waals surface area contributed by atoms with Crippen LogP contribution in [0.4, 0.5) is 0 Å². The molecule has 0 amide bonds. The highest BCUT2D eigenvalue weighted by Gasteiger charge is 2.31. The average Bonchev–Trinajstić information content (AvgIpc) is 3.35. The molecular formula is C22H9N5OS. The Kier molecular flexibility index (Phi) is 4.30. The van der Waals surface area contributed by atoms with Crippen LogP contribution in [0.15, 0.2) is 51.7 Å². The van der Waals surface area contributed by atoms with E-state index in [1.54, 1.807) is 30.3 Å². The molecule has 0 aliphatic heterocycles. The highest BCUT2D eigenvalue weighted by molar-refractivity contribution is 7.19. The molecule has 0 atom stereocenters. The zero-order valence-electron chi connectivity index (χ0n) is 15.0. The Hall–Kier alpha value is -4.43. The minimum Gasteiger partial charge on any atom is -0.442 e. The first-order chi connectivity index (χ1) is 14.1. The van der Waals surface area contributed by atoms with Gasteiger partial charge in [-0.1, -0.05) is 24.3 Å². The maximum absolute atomic E-state index is 9.53. The minimum absolute atomic E-state index is 0.0999. The van der Waals surface area contributed by atoms with E-state index in [4.69, 9.17) is 17.6 Å². The first-order valence-corrected chi connectivity index (χ1v) is 9.15. The second-order valence-electron chi connectivity index (χ2n) is 6.08. The lowest BCUT2D eigenvalue weighted by molar-refractivity contribution is 0.568. The maximum Gasteiger partial charge on any atom is 0.270 e. The van der Waals surface area contributed by atoms with Crippen molar-refractivity contribution in [1.82, 2.24) is 4.98 Å². The third kappa shape index (κ3) is 2.80. The highest BCUT2D eigenvalue weighted by atomic mass is 32.1. The molecule has 0 spiro atoms. The van der Waals surface area contributed by atoms with E-state index in [0.29, 0.717) is 38.6 Å². The van der Waals surface area contributed by atoms with E-state index in [9.17, 15) is 10.5 Å². The summed E-state index contributed by atoms with van der Waals surface area (Å²) in [7, 11) is 0. The summed E-state index contributed by atoms with van der Waals surface area (Å²) in [5, 5.41) is 19.7. The molecule has 0 saturated carbocycles. The Labute approximate surface area is 170 Å². The van der Waals surface area contributed by atoms with Gasteiger partial charge in [0.2, 0.25) is 5.71 Å². The minimum atomic E-state index is -0.0999. The van der Waals surface area contributed by atoms with Crippen molar-refractivity contribution in [2.75, 3.05) is 0 Å². The number of nitriles is 2. The Morgan fingerprint density at radius 3 is 2.17 bits per heavy atom. The topological polar surface area (TPSA) is 82.3 Å². The monoisotopic (exact) mass is 391 g/mol. The van der Waals surface area contributed by atoms with Crippen LogP contribution in [0.5, 0.6) is 0 Å². The second kappa shape index (κ2) is 6.95. The number of thiazole rings is 1. The van der Waals surface area contributed by atoms with Gasteiger partial charge in [0, 0.05) is 11.1 Å². The number of benzene rings is 1. The number of furan rings is 1. The molecule has 1 aromatic carbocycles. The van der Waals surface area contributed by atoms with E-state index in [1.807, 2.05) is 25.1 Å². The molecule has 6 nitrogen and oxygen atoms in total. The maximum atomic E-state index is 9.53. The summed E-state index contributed by atoms with van der Waals surface area (Å²) in [5.74, 6) is 0.756. The number of aromatic nitrogens is 1. The summed E-state index contributed by atoms with van der Waals surface area (Å²) < 4.78 is 6.42. The van der Waals surface area contributed by atoms with Gasteiger partial charge in [0.25, 0.3) is 11.4 Å². The number of nitrogens with zero attached hydrogens (tertiary/aromatic N) is 5. The van der Waals surface area contributed by atoms with Gasteiger partial charge in [-0.3, -0.25) is 0 Å². The fraction of sp³-hybridized carbons (Fsp3) is 0.0455. The van der Waals surface area contributed by atoms with Gasteiger partial charge in [0.1, 0.15) is 10.8 Å². The Bertz CT molecular complexity index is 1320. The van der Waals surface area contributed by atoms with Crippen molar-refractivity contribution >= 4 is 39.0 Å². The summed E-state index contributed by atoms with van der Waals surface area (Å²) in [6, 6.07) is 12.9. The third-order valence-electron chi connectivity index (χ3n) is 4.41. The van der Waals surface area contributed by atoms with Crippen LogP contribution < -0.4 is 0 Å². The van der Waals surface area contributed by atoms with Crippen LogP contribution in [0.3, 0.4) is 0 Å². The fourth-order valence-electron chi connectivity index (χ4n) is 3.31. The van der Waals surface area contributed by atoms with E-state index in [-0.39, 0.29) is 11.4 Å². The predicted octanol–water partition coefficient (Wildman–Crippen LogP) is 5.60. The average molecular weight is 391 g/mol. The van der Waals surface area contributed by atoms with Crippen LogP contribution in [-0.2, 0) is 0 Å². The molecule has 4 rings (SSSR count). The van der Waals surface area contributed by atoms with Gasteiger partial charge >= 0.3 is 0 Å². The Morgan fingerprint density at radius 2 is 1.69 bits per heavy atom. The summed E-state index contributed by atoms with van der Waals surface area (Å²) in [5.41, 5.74) is 2.89. The number of hydrogen-bond acceptors (Lipinski definition) is 5. The molecule has 0 saturated heterocycles. The third-order valence-corrected chi connectivity index (χ3v) is 5.34. The normalized spacial score (nSPS) is 15.7. The molecule has 1 aliphatic carbocycles. The molecule has 29 heavy (non-hydrogen) atoms. The molecule has 1 aliphatic rings. The lowest BCUT2D eigenvalue weighted by Gasteiger charge is -2.04. The molecule has 0 bridgehead atoms. The van der Waals surface area contributed by atoms with Crippen molar-refractivity contribution in [2.24, 2.45) is 0 Å². The summed E-state index contributed by atoms with van der Waals surface area (Å²) >= 11 is 1.39. The van der Waals surface area contributed by atoms with Crippen LogP contribution in [0.1, 0.15) is 21.9 Å². The number of hydrogen-bond donors (Lipinski definition) is 0. The molecule has 0 N–H and O–H groups in total. The zero-order chi connectivity index (χ0) is 20.5. The van der Waals surface area contributed by atoms with Crippen molar-refractivity contribution in [3.05, 3.63) is 92.0 Å². The van der Waals surface area contributed by atoms with Crippen LogP contribution in [-0.4, -0.2) is 4.98 Å².